The number of phosphoric ester groups is 1. The highest BCUT2D eigenvalue weighted by Crippen LogP contribution is 2.54. The van der Waals surface area contributed by atoms with Crippen LogP contribution in [0.2, 0.25) is 0 Å². The Hall–Kier alpha value is -1.87. The van der Waals surface area contributed by atoms with Crippen LogP contribution >= 0.6 is 7.82 Å². The summed E-state index contributed by atoms with van der Waals surface area (Å²) >= 11 is 0. The van der Waals surface area contributed by atoms with Gasteiger partial charge in [-0.15, -0.1) is 0 Å². The van der Waals surface area contributed by atoms with E-state index in [1.807, 2.05) is 24.3 Å². The minimum Gasteiger partial charge on any atom is -0.412 e. The summed E-state index contributed by atoms with van der Waals surface area (Å²) in [6.07, 6.45) is 5.62. The molecular formula is C21H23O4P. The molecule has 0 N–H and O–H groups in total. The number of hydrogen-bond donors (Lipinski definition) is 0. The molecule has 0 fully saturated rings. The molecule has 0 radical (unpaired) electrons. The molecule has 4 rings (SSSR count). The first-order chi connectivity index (χ1) is 12.6. The summed E-state index contributed by atoms with van der Waals surface area (Å²) in [5.74, 6) is 0. The van der Waals surface area contributed by atoms with E-state index in [2.05, 4.69) is 24.3 Å². The van der Waals surface area contributed by atoms with Crippen LogP contribution in [0.1, 0.15) is 29.2 Å². The largest absolute Gasteiger partial charge is 0.530 e. The molecule has 0 bridgehead atoms. The third kappa shape index (κ3) is 3.78. The average molecular weight is 370 g/mol. The van der Waals surface area contributed by atoms with Gasteiger partial charge in [-0.2, -0.15) is 0 Å². The number of fused-ring (bicyclic) bond motifs is 2. The minimum absolute atomic E-state index is 0.188. The quantitative estimate of drug-likeness (QED) is 0.529. The van der Waals surface area contributed by atoms with Crippen molar-refractivity contribution < 1.29 is 18.1 Å². The minimum atomic E-state index is -3.68. The van der Waals surface area contributed by atoms with Crippen LogP contribution in [0.5, 0.6) is 0 Å². The first kappa shape index (κ1) is 17.5. The van der Waals surface area contributed by atoms with Crippen molar-refractivity contribution >= 4 is 7.82 Å². The van der Waals surface area contributed by atoms with Crippen LogP contribution in [0.4, 0.5) is 0 Å². The van der Waals surface area contributed by atoms with E-state index in [1.54, 1.807) is 13.0 Å². The van der Waals surface area contributed by atoms with Gasteiger partial charge < -0.3 is 4.52 Å². The van der Waals surface area contributed by atoms with Crippen molar-refractivity contribution in [3.05, 3.63) is 83.1 Å². The Labute approximate surface area is 154 Å². The second-order valence-corrected chi connectivity index (χ2v) is 8.36. The summed E-state index contributed by atoms with van der Waals surface area (Å²) in [5.41, 5.74) is 4.96. The molecule has 0 saturated carbocycles. The van der Waals surface area contributed by atoms with Gasteiger partial charge >= 0.3 is 7.82 Å². The van der Waals surface area contributed by atoms with Crippen molar-refractivity contribution in [2.45, 2.75) is 44.8 Å². The van der Waals surface area contributed by atoms with Crippen LogP contribution in [-0.2, 0) is 43.8 Å². The molecule has 0 amide bonds. The zero-order chi connectivity index (χ0) is 18.0. The average Bonchev–Trinajstić information content (AvgIpc) is 3.21. The summed E-state index contributed by atoms with van der Waals surface area (Å²) in [5, 5.41) is 0. The zero-order valence-corrected chi connectivity index (χ0v) is 15.7. The van der Waals surface area contributed by atoms with Gasteiger partial charge in [-0.1, -0.05) is 54.6 Å². The fraction of sp³-hybridized carbons (Fsp3) is 0.333. The number of benzene rings is 2. The van der Waals surface area contributed by atoms with E-state index in [9.17, 15) is 4.57 Å². The van der Waals surface area contributed by atoms with Crippen molar-refractivity contribution in [2.75, 3.05) is 0 Å². The Morgan fingerprint density at radius 3 is 1.54 bits per heavy atom. The molecular weight excluding hydrogens is 347 g/mol. The number of rotatable bonds is 6. The van der Waals surface area contributed by atoms with Gasteiger partial charge in [-0.05, 0) is 54.9 Å². The maximum absolute atomic E-state index is 13.3. The topological polar surface area (TPSA) is 44.8 Å². The Kier molecular flexibility index (Phi) is 4.99. The van der Waals surface area contributed by atoms with Crippen LogP contribution in [0.3, 0.4) is 0 Å². The van der Waals surface area contributed by atoms with Gasteiger partial charge in [0.25, 0.3) is 0 Å². The molecule has 0 saturated heterocycles. The molecule has 0 spiro atoms. The van der Waals surface area contributed by atoms with Gasteiger partial charge in [0.15, 0.2) is 0 Å². The van der Waals surface area contributed by atoms with Gasteiger partial charge in [-0.25, -0.2) is 4.57 Å². The predicted molar refractivity (Wildman–Crippen MR) is 101 cm³/mol. The number of allylic oxidation sites excluding steroid dienone is 1. The summed E-state index contributed by atoms with van der Waals surface area (Å²) in [6, 6.07) is 16.4. The summed E-state index contributed by atoms with van der Waals surface area (Å²) in [7, 11) is -3.68. The highest BCUT2D eigenvalue weighted by atomic mass is 31.2. The normalized spacial score (nSPS) is 17.6. The Morgan fingerprint density at radius 1 is 0.808 bits per heavy atom. The lowest BCUT2D eigenvalue weighted by molar-refractivity contribution is 0.0763. The number of hydrogen-bond acceptors (Lipinski definition) is 4. The lowest BCUT2D eigenvalue weighted by atomic mass is 10.1. The van der Waals surface area contributed by atoms with E-state index in [4.69, 9.17) is 13.6 Å². The van der Waals surface area contributed by atoms with Gasteiger partial charge in [0.05, 0.1) is 18.5 Å². The highest BCUT2D eigenvalue weighted by Gasteiger charge is 2.38. The Morgan fingerprint density at radius 2 is 1.19 bits per heavy atom. The van der Waals surface area contributed by atoms with Gasteiger partial charge in [-0.3, -0.25) is 9.05 Å². The molecule has 5 heteroatoms. The van der Waals surface area contributed by atoms with Crippen LogP contribution in [0, 0.1) is 0 Å². The molecule has 0 aliphatic heterocycles. The second-order valence-electron chi connectivity index (χ2n) is 6.83. The van der Waals surface area contributed by atoms with E-state index in [-0.39, 0.29) is 12.2 Å². The van der Waals surface area contributed by atoms with Crippen LogP contribution in [0.15, 0.2) is 60.9 Å². The van der Waals surface area contributed by atoms with Crippen LogP contribution < -0.4 is 0 Å². The summed E-state index contributed by atoms with van der Waals surface area (Å²) in [4.78, 5) is 0. The third-order valence-corrected chi connectivity index (χ3v) is 6.40. The maximum atomic E-state index is 13.3. The van der Waals surface area contributed by atoms with E-state index >= 15 is 0 Å². The summed E-state index contributed by atoms with van der Waals surface area (Å²) in [6.45, 7) is 1.81. The van der Waals surface area contributed by atoms with Crippen molar-refractivity contribution in [2.24, 2.45) is 0 Å². The lowest BCUT2D eigenvalue weighted by Crippen LogP contribution is -2.17. The van der Waals surface area contributed by atoms with Crippen LogP contribution in [-0.4, -0.2) is 12.2 Å². The van der Waals surface area contributed by atoms with Gasteiger partial charge in [0.2, 0.25) is 0 Å². The van der Waals surface area contributed by atoms with Crippen LogP contribution in [0.25, 0.3) is 0 Å². The molecule has 4 nitrogen and oxygen atoms in total. The molecule has 2 aliphatic rings. The lowest BCUT2D eigenvalue weighted by Gasteiger charge is -2.23. The number of phosphoric acid groups is 1. The van der Waals surface area contributed by atoms with Crippen molar-refractivity contribution in [1.82, 2.24) is 0 Å². The molecule has 0 atom stereocenters. The van der Waals surface area contributed by atoms with Gasteiger partial charge in [0.1, 0.15) is 0 Å². The van der Waals surface area contributed by atoms with E-state index < -0.39 is 7.82 Å². The fourth-order valence-corrected chi connectivity index (χ4v) is 5.21. The standard InChI is InChI=1S/C21H23O4P/c1-2-11-23-26(22,24-20-12-16-7-3-4-8-17(16)13-20)25-21-14-18-9-5-6-10-19(18)15-21/h2-11,20-21H,12-15H2,1H3. The van der Waals surface area contributed by atoms with Crippen molar-refractivity contribution in [1.29, 1.82) is 0 Å². The first-order valence-electron chi connectivity index (χ1n) is 9.05. The molecule has 2 aromatic carbocycles. The van der Waals surface area contributed by atoms with E-state index in [0.717, 1.165) is 25.7 Å². The maximum Gasteiger partial charge on any atom is 0.530 e. The molecule has 0 unspecified atom stereocenters. The fourth-order valence-electron chi connectivity index (χ4n) is 3.76. The second kappa shape index (κ2) is 7.40. The first-order valence-corrected chi connectivity index (χ1v) is 10.5. The molecule has 0 heterocycles. The molecule has 2 aliphatic carbocycles. The third-order valence-electron chi connectivity index (χ3n) is 4.91. The molecule has 0 aromatic heterocycles. The predicted octanol–water partition coefficient (Wildman–Crippen LogP) is 5.01. The van der Waals surface area contributed by atoms with Gasteiger partial charge in [0, 0.05) is 0 Å². The SMILES string of the molecule is CC=COP(=O)(OC1Cc2ccccc2C1)OC1Cc2ccccc2C1. The highest BCUT2D eigenvalue weighted by molar-refractivity contribution is 7.48. The van der Waals surface area contributed by atoms with Crippen molar-refractivity contribution in [3.8, 4) is 0 Å². The zero-order valence-electron chi connectivity index (χ0n) is 14.8. The molecule has 26 heavy (non-hydrogen) atoms. The summed E-state index contributed by atoms with van der Waals surface area (Å²) < 4.78 is 30.5. The smallest absolute Gasteiger partial charge is 0.412 e. The van der Waals surface area contributed by atoms with Crippen molar-refractivity contribution in [3.63, 3.8) is 0 Å². The Bertz CT molecular complexity index is 749. The monoisotopic (exact) mass is 370 g/mol. The van der Waals surface area contributed by atoms with E-state index in [1.165, 1.54) is 28.5 Å². The Balaban J connectivity index is 1.45. The molecule has 2 aromatic rings. The molecule has 136 valence electrons. The van der Waals surface area contributed by atoms with E-state index in [0.29, 0.717) is 0 Å².